The van der Waals surface area contributed by atoms with Gasteiger partial charge in [-0.25, -0.2) is 4.98 Å². The molecule has 3 N–H and O–H groups in total. The van der Waals surface area contributed by atoms with Crippen LogP contribution in [0.4, 0.5) is 5.69 Å². The molecule has 0 saturated carbocycles. The molecule has 3 aromatic rings. The predicted octanol–water partition coefficient (Wildman–Crippen LogP) is 5.06. The number of aliphatic hydroxyl groups excluding tert-OH is 1. The van der Waals surface area contributed by atoms with E-state index in [4.69, 9.17) is 26.9 Å². The number of aromatic nitrogens is 1. The molecule has 0 saturated heterocycles. The minimum Gasteiger partial charge on any atom is -0.467 e. The summed E-state index contributed by atoms with van der Waals surface area (Å²) in [4.78, 5) is 7.97. The van der Waals surface area contributed by atoms with Crippen molar-refractivity contribution in [1.82, 2.24) is 4.98 Å². The van der Waals surface area contributed by atoms with Crippen molar-refractivity contribution in [3.63, 3.8) is 0 Å². The van der Waals surface area contributed by atoms with Gasteiger partial charge in [-0.3, -0.25) is 0 Å². The van der Waals surface area contributed by atoms with Crippen LogP contribution in [0.15, 0.2) is 41.0 Å². The molecule has 0 aromatic carbocycles. The van der Waals surface area contributed by atoms with E-state index in [1.807, 2.05) is 25.2 Å². The van der Waals surface area contributed by atoms with Crippen LogP contribution in [-0.2, 0) is 6.54 Å². The van der Waals surface area contributed by atoms with Crippen LogP contribution in [0.1, 0.15) is 47.8 Å². The van der Waals surface area contributed by atoms with Crippen LogP contribution in [0.3, 0.4) is 0 Å². The third-order valence-corrected chi connectivity index (χ3v) is 7.02. The van der Waals surface area contributed by atoms with Crippen LogP contribution in [0.2, 0.25) is 5.15 Å². The van der Waals surface area contributed by atoms with Gasteiger partial charge in [-0.15, -0.1) is 11.3 Å². The van der Waals surface area contributed by atoms with Crippen molar-refractivity contribution in [1.29, 1.82) is 0 Å². The number of aliphatic hydroxyl groups is 1. The molecule has 0 fully saturated rings. The molecule has 1 aliphatic carbocycles. The molecule has 0 bridgehead atoms. The lowest BCUT2D eigenvalue weighted by atomic mass is 9.87. The van der Waals surface area contributed by atoms with Crippen molar-refractivity contribution in [2.45, 2.75) is 44.2 Å². The number of fused-ring (bicyclic) bond motifs is 1. The number of nitrogens with zero attached hydrogens (tertiary/aromatic N) is 2. The van der Waals surface area contributed by atoms with Gasteiger partial charge in [0.1, 0.15) is 16.4 Å². The molecule has 3 aromatic heterocycles. The first kappa shape index (κ1) is 21.9. The Balaban J connectivity index is 1.83. The number of nitrogens with two attached hydrogens (primary N) is 1. The molecule has 0 spiro atoms. The van der Waals surface area contributed by atoms with Crippen LogP contribution >= 0.6 is 22.9 Å². The van der Waals surface area contributed by atoms with Crippen molar-refractivity contribution >= 4 is 38.8 Å². The first-order valence-corrected chi connectivity index (χ1v) is 11.6. The van der Waals surface area contributed by atoms with Crippen molar-refractivity contribution in [2.75, 3.05) is 18.6 Å². The van der Waals surface area contributed by atoms with E-state index < -0.39 is 0 Å². The predicted molar refractivity (Wildman–Crippen MR) is 128 cm³/mol. The zero-order valence-corrected chi connectivity index (χ0v) is 19.0. The zero-order valence-electron chi connectivity index (χ0n) is 17.5. The SMILES string of the molecule is CN(Cc1ccco1)c1cc(Cl)nc2c(C#CCCCO)c([C@@H]3CC=CC[C@H]3N)sc12. The molecule has 3 heterocycles. The maximum absolute atomic E-state index is 9.09. The lowest BCUT2D eigenvalue weighted by Gasteiger charge is -2.24. The van der Waals surface area contributed by atoms with E-state index in [-0.39, 0.29) is 18.6 Å². The monoisotopic (exact) mass is 455 g/mol. The zero-order chi connectivity index (χ0) is 21.8. The third-order valence-electron chi connectivity index (χ3n) is 5.49. The smallest absolute Gasteiger partial charge is 0.131 e. The number of unbranched alkanes of at least 4 members (excludes halogenated alkanes) is 1. The molecule has 4 rings (SSSR count). The molecule has 0 unspecified atom stereocenters. The second-order valence-electron chi connectivity index (χ2n) is 7.76. The van der Waals surface area contributed by atoms with Crippen LogP contribution in [0.5, 0.6) is 0 Å². The van der Waals surface area contributed by atoms with E-state index >= 15 is 0 Å². The number of furan rings is 1. The molecule has 31 heavy (non-hydrogen) atoms. The highest BCUT2D eigenvalue weighted by atomic mass is 35.5. The summed E-state index contributed by atoms with van der Waals surface area (Å²) in [5, 5.41) is 9.53. The molecule has 5 nitrogen and oxygen atoms in total. The quantitative estimate of drug-likeness (QED) is 0.235. The van der Waals surface area contributed by atoms with Crippen LogP contribution in [-0.4, -0.2) is 29.8 Å². The summed E-state index contributed by atoms with van der Waals surface area (Å²) in [5.74, 6) is 7.63. The summed E-state index contributed by atoms with van der Waals surface area (Å²) < 4.78 is 6.59. The number of allylic oxidation sites excluding steroid dienone is 1. The van der Waals surface area contributed by atoms with Crippen molar-refractivity contribution in [2.24, 2.45) is 5.73 Å². The standard InChI is InChI=1S/C24H26ClN3O2S/c1-28(15-16-8-7-13-30-16)20-14-21(25)27-22-18(10-3-2-6-12-29)23(31-24(20)22)17-9-4-5-11-19(17)26/h4-5,7-8,13-14,17,19,29H,2,6,9,11-12,15,26H2,1H3/t17-,19-/m1/s1. The van der Waals surface area contributed by atoms with Gasteiger partial charge < -0.3 is 20.2 Å². The van der Waals surface area contributed by atoms with E-state index in [1.165, 1.54) is 4.88 Å². The van der Waals surface area contributed by atoms with Gasteiger partial charge in [0.05, 0.1) is 28.8 Å². The van der Waals surface area contributed by atoms with Gasteiger partial charge in [-0.1, -0.05) is 35.6 Å². The summed E-state index contributed by atoms with van der Waals surface area (Å²) >= 11 is 8.17. The normalized spacial score (nSPS) is 18.2. The van der Waals surface area contributed by atoms with E-state index in [9.17, 15) is 0 Å². The number of hydrogen-bond acceptors (Lipinski definition) is 6. The Kier molecular flexibility index (Phi) is 6.99. The van der Waals surface area contributed by atoms with E-state index in [2.05, 4.69) is 33.9 Å². The molecule has 1 aliphatic rings. The second-order valence-corrected chi connectivity index (χ2v) is 9.20. The van der Waals surface area contributed by atoms with Gasteiger partial charge in [0.25, 0.3) is 0 Å². The fourth-order valence-electron chi connectivity index (χ4n) is 3.88. The number of rotatable bonds is 6. The maximum atomic E-state index is 9.09. The highest BCUT2D eigenvalue weighted by molar-refractivity contribution is 7.20. The lowest BCUT2D eigenvalue weighted by molar-refractivity contribution is 0.290. The number of anilines is 1. The molecule has 2 atom stereocenters. The molecular formula is C24H26ClN3O2S. The van der Waals surface area contributed by atoms with Crippen molar-refractivity contribution < 1.29 is 9.52 Å². The number of hydrogen-bond donors (Lipinski definition) is 2. The fourth-order valence-corrected chi connectivity index (χ4v) is 5.52. The minimum atomic E-state index is 0.0517. The van der Waals surface area contributed by atoms with Crippen LogP contribution in [0, 0.1) is 11.8 Å². The van der Waals surface area contributed by atoms with Gasteiger partial charge in [0.2, 0.25) is 0 Å². The van der Waals surface area contributed by atoms with Crippen LogP contribution < -0.4 is 10.6 Å². The Hall–Kier alpha value is -2.30. The Morgan fingerprint density at radius 3 is 2.97 bits per heavy atom. The van der Waals surface area contributed by atoms with Gasteiger partial charge >= 0.3 is 0 Å². The summed E-state index contributed by atoms with van der Waals surface area (Å²) in [6.45, 7) is 0.759. The highest BCUT2D eigenvalue weighted by Gasteiger charge is 2.28. The molecular weight excluding hydrogens is 430 g/mol. The fraction of sp³-hybridized carbons (Fsp3) is 0.375. The second kappa shape index (κ2) is 9.88. The van der Waals surface area contributed by atoms with Gasteiger partial charge in [-0.2, -0.15) is 0 Å². The Morgan fingerprint density at radius 2 is 2.23 bits per heavy atom. The highest BCUT2D eigenvalue weighted by Crippen LogP contribution is 2.43. The molecule has 0 radical (unpaired) electrons. The maximum Gasteiger partial charge on any atom is 0.131 e. The van der Waals surface area contributed by atoms with Crippen molar-refractivity contribution in [3.05, 3.63) is 58.0 Å². The summed E-state index contributed by atoms with van der Waals surface area (Å²) in [7, 11) is 2.02. The van der Waals surface area contributed by atoms with E-state index in [0.717, 1.165) is 40.1 Å². The number of thiophene rings is 1. The summed E-state index contributed by atoms with van der Waals surface area (Å²) in [6, 6.07) is 5.80. The topological polar surface area (TPSA) is 75.5 Å². The molecule has 7 heteroatoms. The Bertz CT molecular complexity index is 1130. The third kappa shape index (κ3) is 4.81. The number of halogens is 1. The molecule has 0 amide bonds. The van der Waals surface area contributed by atoms with Crippen LogP contribution in [0.25, 0.3) is 10.2 Å². The van der Waals surface area contributed by atoms with E-state index in [0.29, 0.717) is 24.5 Å². The molecule has 162 valence electrons. The lowest BCUT2D eigenvalue weighted by Crippen LogP contribution is -2.29. The average Bonchev–Trinajstić information content (AvgIpc) is 3.39. The first-order valence-electron chi connectivity index (χ1n) is 10.4. The van der Waals surface area contributed by atoms with E-state index in [1.54, 1.807) is 17.6 Å². The Labute approximate surface area is 191 Å². The van der Waals surface area contributed by atoms with Gasteiger partial charge in [0, 0.05) is 43.0 Å². The Morgan fingerprint density at radius 1 is 1.39 bits per heavy atom. The first-order chi connectivity index (χ1) is 15.1. The minimum absolute atomic E-state index is 0.0517. The molecule has 0 aliphatic heterocycles. The summed E-state index contributed by atoms with van der Waals surface area (Å²) in [5.41, 5.74) is 9.25. The largest absolute Gasteiger partial charge is 0.467 e. The van der Waals surface area contributed by atoms with Gasteiger partial charge in [0.15, 0.2) is 0 Å². The van der Waals surface area contributed by atoms with Crippen molar-refractivity contribution in [3.8, 4) is 11.8 Å². The number of pyridine rings is 1. The summed E-state index contributed by atoms with van der Waals surface area (Å²) in [6.07, 6.45) is 9.07. The average molecular weight is 456 g/mol. The van der Waals surface area contributed by atoms with Gasteiger partial charge in [-0.05, 0) is 31.4 Å².